The summed E-state index contributed by atoms with van der Waals surface area (Å²) in [5.41, 5.74) is -0.913. The van der Waals surface area contributed by atoms with Gasteiger partial charge >= 0.3 is 10.2 Å². The van der Waals surface area contributed by atoms with Crippen LogP contribution in [0.15, 0.2) is 30.3 Å². The van der Waals surface area contributed by atoms with Gasteiger partial charge in [0.1, 0.15) is 11.5 Å². The zero-order valence-electron chi connectivity index (χ0n) is 16.7. The molecule has 1 aliphatic heterocycles. The second-order valence-corrected chi connectivity index (χ2v) is 9.77. The fourth-order valence-corrected chi connectivity index (χ4v) is 4.94. The normalized spacial score (nSPS) is 16.8. The van der Waals surface area contributed by atoms with E-state index in [1.165, 1.54) is 26.4 Å². The van der Waals surface area contributed by atoms with Crippen LogP contribution in [0.3, 0.4) is 0 Å². The summed E-state index contributed by atoms with van der Waals surface area (Å²) in [6.45, 7) is 0.185. The van der Waals surface area contributed by atoms with Crippen LogP contribution in [0.1, 0.15) is 12.8 Å². The quantitative estimate of drug-likeness (QED) is 0.385. The van der Waals surface area contributed by atoms with Crippen molar-refractivity contribution in [3.05, 3.63) is 51.4 Å². The Hall–Kier alpha value is -1.61. The third kappa shape index (κ3) is 5.25. The Morgan fingerprint density at radius 3 is 2.19 bits per heavy atom. The van der Waals surface area contributed by atoms with Gasteiger partial charge in [0.25, 0.3) is 0 Å². The summed E-state index contributed by atoms with van der Waals surface area (Å²) in [5, 5.41) is 2.46. The Balaban J connectivity index is 1.87. The molecule has 0 radical (unpaired) electrons. The molecule has 0 amide bonds. The lowest BCUT2D eigenvalue weighted by Gasteiger charge is -2.38. The van der Waals surface area contributed by atoms with Gasteiger partial charge in [-0.05, 0) is 52.9 Å². The maximum absolute atomic E-state index is 14.5. The highest BCUT2D eigenvalue weighted by molar-refractivity contribution is 14.1. The highest BCUT2D eigenvalue weighted by Gasteiger charge is 2.38. The number of rotatable bonds is 7. The van der Waals surface area contributed by atoms with Crippen molar-refractivity contribution in [3.8, 4) is 0 Å². The molecule has 7 nitrogen and oxygen atoms in total. The summed E-state index contributed by atoms with van der Waals surface area (Å²) in [5.74, 6) is -4.12. The standard InChI is InChI=1S/C19H21F3IN3O4S/c1-29-19(30-2)7-9-26(10-8-19)31(27,28)25-16-6-4-13(20)17(22)18(16)24-15-5-3-12(23)11-14(15)21/h3-6,11,24-25H,7-10H2,1-2H3. The second kappa shape index (κ2) is 9.48. The first-order valence-corrected chi connectivity index (χ1v) is 11.7. The van der Waals surface area contributed by atoms with Gasteiger partial charge in [-0.15, -0.1) is 0 Å². The molecule has 1 heterocycles. The summed E-state index contributed by atoms with van der Waals surface area (Å²) in [6.07, 6.45) is 0.579. The van der Waals surface area contributed by atoms with Crippen LogP contribution >= 0.6 is 22.6 Å². The maximum atomic E-state index is 14.5. The Kier molecular flexibility index (Phi) is 7.35. The van der Waals surface area contributed by atoms with Crippen molar-refractivity contribution < 1.29 is 31.1 Å². The molecule has 0 atom stereocenters. The smallest absolute Gasteiger partial charge is 0.301 e. The first-order valence-electron chi connectivity index (χ1n) is 9.19. The Bertz CT molecular complexity index is 1060. The molecule has 2 N–H and O–H groups in total. The van der Waals surface area contributed by atoms with Crippen molar-refractivity contribution in [2.75, 3.05) is 37.3 Å². The molecule has 2 aromatic carbocycles. The first-order chi connectivity index (χ1) is 14.6. The molecule has 170 valence electrons. The van der Waals surface area contributed by atoms with Gasteiger partial charge in [0.05, 0.1) is 11.4 Å². The van der Waals surface area contributed by atoms with Crippen LogP contribution in [0.4, 0.5) is 30.2 Å². The van der Waals surface area contributed by atoms with Gasteiger partial charge in [0.2, 0.25) is 0 Å². The number of hydrogen-bond acceptors (Lipinski definition) is 5. The van der Waals surface area contributed by atoms with Crippen molar-refractivity contribution in [1.29, 1.82) is 0 Å². The summed E-state index contributed by atoms with van der Waals surface area (Å²) in [6, 6.07) is 5.98. The van der Waals surface area contributed by atoms with Crippen LogP contribution in [0.2, 0.25) is 0 Å². The minimum atomic E-state index is -4.12. The third-order valence-corrected chi connectivity index (χ3v) is 7.29. The van der Waals surface area contributed by atoms with E-state index in [2.05, 4.69) is 10.0 Å². The minimum Gasteiger partial charge on any atom is -0.353 e. The number of nitrogens with zero attached hydrogens (tertiary/aromatic N) is 1. The molecule has 0 unspecified atom stereocenters. The lowest BCUT2D eigenvalue weighted by molar-refractivity contribution is -0.224. The molecule has 1 aliphatic rings. The molecule has 31 heavy (non-hydrogen) atoms. The number of methoxy groups -OCH3 is 2. The van der Waals surface area contributed by atoms with Gasteiger partial charge in [-0.3, -0.25) is 4.72 Å². The van der Waals surface area contributed by atoms with Crippen LogP contribution in [0, 0.1) is 21.0 Å². The molecule has 0 bridgehead atoms. The van der Waals surface area contributed by atoms with E-state index in [9.17, 15) is 21.6 Å². The number of hydrogen-bond donors (Lipinski definition) is 2. The minimum absolute atomic E-state index is 0.0925. The molecule has 1 fully saturated rings. The van der Waals surface area contributed by atoms with E-state index in [4.69, 9.17) is 9.47 Å². The van der Waals surface area contributed by atoms with Crippen LogP contribution < -0.4 is 10.0 Å². The van der Waals surface area contributed by atoms with Crippen molar-refractivity contribution in [2.45, 2.75) is 18.6 Å². The molecular weight excluding hydrogens is 550 g/mol. The monoisotopic (exact) mass is 571 g/mol. The molecule has 0 saturated carbocycles. The first kappa shape index (κ1) is 24.0. The molecule has 0 spiro atoms. The molecule has 0 aliphatic carbocycles. The highest BCUT2D eigenvalue weighted by Crippen LogP contribution is 2.34. The molecule has 2 aromatic rings. The molecular formula is C19H21F3IN3O4S. The van der Waals surface area contributed by atoms with Crippen LogP contribution in [0.25, 0.3) is 0 Å². The lowest BCUT2D eigenvalue weighted by Crippen LogP contribution is -2.50. The Labute approximate surface area is 192 Å². The average Bonchev–Trinajstić information content (AvgIpc) is 2.74. The topological polar surface area (TPSA) is 79.9 Å². The number of benzene rings is 2. The fraction of sp³-hybridized carbons (Fsp3) is 0.368. The predicted octanol–water partition coefficient (Wildman–Crippen LogP) is 4.19. The SMILES string of the molecule is COC1(OC)CCN(S(=O)(=O)Nc2ccc(F)c(F)c2Nc2ccc(I)cc2F)CC1. The van der Waals surface area contributed by atoms with Crippen LogP contribution in [-0.4, -0.2) is 45.8 Å². The van der Waals surface area contributed by atoms with E-state index in [1.807, 2.05) is 22.6 Å². The summed E-state index contributed by atoms with van der Waals surface area (Å²) < 4.78 is 83.0. The summed E-state index contributed by atoms with van der Waals surface area (Å²) in [4.78, 5) is 0. The number of halogens is 4. The number of nitrogens with one attached hydrogen (secondary N) is 2. The van der Waals surface area contributed by atoms with Gasteiger partial charge < -0.3 is 14.8 Å². The fourth-order valence-electron chi connectivity index (χ4n) is 3.25. The van der Waals surface area contributed by atoms with E-state index in [0.717, 1.165) is 16.4 Å². The molecule has 0 aromatic heterocycles. The summed E-state index contributed by atoms with van der Waals surface area (Å²) in [7, 11) is -1.15. The van der Waals surface area contributed by atoms with Gasteiger partial charge in [0, 0.05) is 43.7 Å². The molecule has 12 heteroatoms. The highest BCUT2D eigenvalue weighted by atomic mass is 127. The van der Waals surface area contributed by atoms with Gasteiger partial charge in [-0.2, -0.15) is 12.7 Å². The Morgan fingerprint density at radius 2 is 1.61 bits per heavy atom. The van der Waals surface area contributed by atoms with E-state index in [1.54, 1.807) is 6.07 Å². The third-order valence-electron chi connectivity index (χ3n) is 5.09. The average molecular weight is 571 g/mol. The van der Waals surface area contributed by atoms with Crippen LogP contribution in [0.5, 0.6) is 0 Å². The van der Waals surface area contributed by atoms with Crippen molar-refractivity contribution in [2.24, 2.45) is 0 Å². The predicted molar refractivity (Wildman–Crippen MR) is 119 cm³/mol. The van der Waals surface area contributed by atoms with E-state index in [0.29, 0.717) is 3.57 Å². The lowest BCUT2D eigenvalue weighted by atomic mass is 10.1. The number of ether oxygens (including phenoxy) is 2. The number of anilines is 3. The van der Waals surface area contributed by atoms with E-state index >= 15 is 0 Å². The van der Waals surface area contributed by atoms with Gasteiger partial charge in [0.15, 0.2) is 17.4 Å². The van der Waals surface area contributed by atoms with E-state index < -0.39 is 39.1 Å². The second-order valence-electron chi connectivity index (χ2n) is 6.86. The molecule has 1 saturated heterocycles. The van der Waals surface area contributed by atoms with E-state index in [-0.39, 0.29) is 37.3 Å². The zero-order valence-corrected chi connectivity index (χ0v) is 19.7. The van der Waals surface area contributed by atoms with Crippen molar-refractivity contribution in [1.82, 2.24) is 4.31 Å². The van der Waals surface area contributed by atoms with Gasteiger partial charge in [-0.1, -0.05) is 0 Å². The summed E-state index contributed by atoms with van der Waals surface area (Å²) >= 11 is 1.91. The van der Waals surface area contributed by atoms with Crippen molar-refractivity contribution >= 4 is 49.9 Å². The van der Waals surface area contributed by atoms with Crippen molar-refractivity contribution in [3.63, 3.8) is 0 Å². The zero-order chi connectivity index (χ0) is 22.8. The number of piperidine rings is 1. The van der Waals surface area contributed by atoms with Gasteiger partial charge in [-0.25, -0.2) is 13.2 Å². The van der Waals surface area contributed by atoms with Crippen LogP contribution in [-0.2, 0) is 19.7 Å². The molecule has 3 rings (SSSR count). The maximum Gasteiger partial charge on any atom is 0.301 e. The largest absolute Gasteiger partial charge is 0.353 e. The Morgan fingerprint density at radius 1 is 1.00 bits per heavy atom.